The first-order valence-corrected chi connectivity index (χ1v) is 7.23. The number of ether oxygens (including phenoxy) is 1. The van der Waals surface area contributed by atoms with Crippen LogP contribution < -0.4 is 0 Å². The Labute approximate surface area is 115 Å². The summed E-state index contributed by atoms with van der Waals surface area (Å²) in [6, 6.07) is 1.97. The van der Waals surface area contributed by atoms with Crippen LogP contribution in [0.25, 0.3) is 0 Å². The van der Waals surface area contributed by atoms with Crippen molar-refractivity contribution in [3.8, 4) is 0 Å². The Morgan fingerprint density at radius 3 is 2.58 bits per heavy atom. The predicted molar refractivity (Wildman–Crippen MR) is 74.0 cm³/mol. The molecule has 106 valence electrons. The lowest BCUT2D eigenvalue weighted by molar-refractivity contribution is -0.142. The van der Waals surface area contributed by atoms with E-state index in [1.165, 1.54) is 12.8 Å². The van der Waals surface area contributed by atoms with Crippen LogP contribution in [0.5, 0.6) is 0 Å². The summed E-state index contributed by atoms with van der Waals surface area (Å²) in [6.45, 7) is 0. The maximum Gasteiger partial charge on any atom is 0.164 e. The van der Waals surface area contributed by atoms with E-state index in [1.54, 1.807) is 13.3 Å². The van der Waals surface area contributed by atoms with E-state index in [0.717, 1.165) is 37.8 Å². The molecule has 1 aromatic heterocycles. The van der Waals surface area contributed by atoms with Crippen molar-refractivity contribution >= 4 is 5.78 Å². The van der Waals surface area contributed by atoms with Gasteiger partial charge in [0.1, 0.15) is 5.60 Å². The number of ketones is 1. The number of carbonyl (C=O) groups is 1. The first-order chi connectivity index (χ1) is 9.18. The van der Waals surface area contributed by atoms with Crippen molar-refractivity contribution in [2.24, 2.45) is 7.05 Å². The Bertz CT molecular complexity index is 418. The van der Waals surface area contributed by atoms with Gasteiger partial charge in [-0.25, -0.2) is 0 Å². The van der Waals surface area contributed by atoms with E-state index in [4.69, 9.17) is 4.74 Å². The highest BCUT2D eigenvalue weighted by atomic mass is 16.5. The molecule has 0 spiro atoms. The van der Waals surface area contributed by atoms with Crippen LogP contribution in [0.1, 0.15) is 50.6 Å². The maximum atomic E-state index is 12.6. The number of aromatic nitrogens is 2. The molecule has 0 aromatic carbocycles. The van der Waals surface area contributed by atoms with Crippen LogP contribution in [0.4, 0.5) is 0 Å². The molecule has 0 aliphatic heterocycles. The summed E-state index contributed by atoms with van der Waals surface area (Å²) in [5.41, 5.74) is 0.586. The van der Waals surface area contributed by atoms with Gasteiger partial charge in [0.25, 0.3) is 0 Å². The van der Waals surface area contributed by atoms with Gasteiger partial charge in [0.2, 0.25) is 0 Å². The average Bonchev–Trinajstić information content (AvgIpc) is 2.68. The van der Waals surface area contributed by atoms with Crippen LogP contribution >= 0.6 is 0 Å². The Kier molecular flexibility index (Phi) is 4.75. The molecule has 1 heterocycles. The number of hydrogen-bond donors (Lipinski definition) is 0. The molecule has 4 heteroatoms. The third kappa shape index (κ3) is 3.24. The molecular formula is C15H24N2O2. The predicted octanol–water partition coefficient (Wildman–Crippen LogP) is 2.66. The zero-order chi connectivity index (χ0) is 13.7. The van der Waals surface area contributed by atoms with E-state index in [9.17, 15) is 4.79 Å². The van der Waals surface area contributed by atoms with Gasteiger partial charge < -0.3 is 4.74 Å². The number of Topliss-reactive ketones (excluding diaryl/α,β-unsaturated/α-hetero) is 1. The molecule has 0 unspecified atom stereocenters. The summed E-state index contributed by atoms with van der Waals surface area (Å²) >= 11 is 0. The highest BCUT2D eigenvalue weighted by Crippen LogP contribution is 2.32. The van der Waals surface area contributed by atoms with E-state index in [-0.39, 0.29) is 5.78 Å². The van der Waals surface area contributed by atoms with Crippen molar-refractivity contribution in [2.45, 2.75) is 57.0 Å². The van der Waals surface area contributed by atoms with Crippen LogP contribution in [0.2, 0.25) is 0 Å². The highest BCUT2D eigenvalue weighted by molar-refractivity contribution is 5.87. The normalized spacial score (nSPS) is 19.1. The number of hydrogen-bond acceptors (Lipinski definition) is 3. The van der Waals surface area contributed by atoms with Gasteiger partial charge in [-0.05, 0) is 25.3 Å². The molecule has 4 nitrogen and oxygen atoms in total. The van der Waals surface area contributed by atoms with Crippen LogP contribution in [-0.2, 0) is 23.0 Å². The van der Waals surface area contributed by atoms with Gasteiger partial charge in [0, 0.05) is 32.5 Å². The molecule has 0 atom stereocenters. The molecule has 0 radical (unpaired) electrons. The molecule has 0 bridgehead atoms. The fraction of sp³-hybridized carbons (Fsp3) is 0.733. The number of rotatable bonds is 5. The highest BCUT2D eigenvalue weighted by Gasteiger charge is 2.37. The minimum Gasteiger partial charge on any atom is -0.370 e. The molecule has 0 amide bonds. The smallest absolute Gasteiger partial charge is 0.164 e. The zero-order valence-electron chi connectivity index (χ0n) is 12.0. The van der Waals surface area contributed by atoms with E-state index < -0.39 is 5.60 Å². The third-order valence-electron chi connectivity index (χ3n) is 4.34. The molecule has 1 aromatic rings. The minimum absolute atomic E-state index is 0.262. The standard InChI is InChI=1S/C15H24N2O2/c1-17-13(9-12-16-17)7-8-14(18)15(19-2)10-5-3-4-6-11-15/h9,12H,3-8,10-11H2,1-2H3. The second kappa shape index (κ2) is 6.33. The van der Waals surface area contributed by atoms with Crippen molar-refractivity contribution < 1.29 is 9.53 Å². The number of methoxy groups -OCH3 is 1. The van der Waals surface area contributed by atoms with Crippen LogP contribution in [0, 0.1) is 0 Å². The molecular weight excluding hydrogens is 240 g/mol. The van der Waals surface area contributed by atoms with Crippen LogP contribution in [-0.4, -0.2) is 28.3 Å². The fourth-order valence-electron chi connectivity index (χ4n) is 3.01. The second-order valence-electron chi connectivity index (χ2n) is 5.48. The van der Waals surface area contributed by atoms with Crippen molar-refractivity contribution in [2.75, 3.05) is 7.11 Å². The zero-order valence-corrected chi connectivity index (χ0v) is 12.0. The average molecular weight is 264 g/mol. The summed E-state index contributed by atoms with van der Waals surface area (Å²) in [7, 11) is 3.60. The quantitative estimate of drug-likeness (QED) is 0.768. The van der Waals surface area contributed by atoms with Gasteiger partial charge in [-0.1, -0.05) is 25.7 Å². The van der Waals surface area contributed by atoms with Gasteiger partial charge >= 0.3 is 0 Å². The molecule has 1 fully saturated rings. The fourth-order valence-corrected chi connectivity index (χ4v) is 3.01. The summed E-state index contributed by atoms with van der Waals surface area (Å²) in [5.74, 6) is 0.262. The maximum absolute atomic E-state index is 12.6. The number of carbonyl (C=O) groups excluding carboxylic acids is 1. The van der Waals surface area contributed by atoms with Crippen molar-refractivity contribution in [3.05, 3.63) is 18.0 Å². The Hall–Kier alpha value is -1.16. The molecule has 1 aliphatic carbocycles. The molecule has 19 heavy (non-hydrogen) atoms. The monoisotopic (exact) mass is 264 g/mol. The summed E-state index contributed by atoms with van der Waals surface area (Å²) in [4.78, 5) is 12.6. The molecule has 0 saturated heterocycles. The summed E-state index contributed by atoms with van der Waals surface area (Å²) in [5, 5.41) is 4.13. The SMILES string of the molecule is COC1(C(=O)CCc2ccnn2C)CCCCCC1. The van der Waals surface area contributed by atoms with E-state index in [1.807, 2.05) is 17.8 Å². The van der Waals surface area contributed by atoms with E-state index in [2.05, 4.69) is 5.10 Å². The lowest BCUT2D eigenvalue weighted by Gasteiger charge is -2.29. The van der Waals surface area contributed by atoms with Gasteiger partial charge in [0.15, 0.2) is 5.78 Å². The summed E-state index contributed by atoms with van der Waals surface area (Å²) < 4.78 is 7.48. The molecule has 0 N–H and O–H groups in total. The minimum atomic E-state index is -0.519. The first kappa shape index (κ1) is 14.3. The van der Waals surface area contributed by atoms with Gasteiger partial charge in [-0.15, -0.1) is 0 Å². The summed E-state index contributed by atoms with van der Waals surface area (Å²) in [6.07, 6.45) is 9.49. The lowest BCUT2D eigenvalue weighted by atomic mass is 9.87. The number of aryl methyl sites for hydroxylation is 2. The van der Waals surface area contributed by atoms with Crippen molar-refractivity contribution in [3.63, 3.8) is 0 Å². The van der Waals surface area contributed by atoms with E-state index in [0.29, 0.717) is 6.42 Å². The van der Waals surface area contributed by atoms with E-state index >= 15 is 0 Å². The Morgan fingerprint density at radius 1 is 1.37 bits per heavy atom. The van der Waals surface area contributed by atoms with Gasteiger partial charge in [-0.3, -0.25) is 9.48 Å². The molecule has 1 aliphatic rings. The van der Waals surface area contributed by atoms with Crippen LogP contribution in [0.15, 0.2) is 12.3 Å². The van der Waals surface area contributed by atoms with Crippen molar-refractivity contribution in [1.82, 2.24) is 9.78 Å². The third-order valence-corrected chi connectivity index (χ3v) is 4.34. The van der Waals surface area contributed by atoms with Gasteiger partial charge in [0.05, 0.1) is 0 Å². The molecule has 1 saturated carbocycles. The largest absolute Gasteiger partial charge is 0.370 e. The lowest BCUT2D eigenvalue weighted by Crippen LogP contribution is -2.40. The molecule has 2 rings (SSSR count). The Morgan fingerprint density at radius 2 is 2.05 bits per heavy atom. The Balaban J connectivity index is 1.98. The first-order valence-electron chi connectivity index (χ1n) is 7.23. The van der Waals surface area contributed by atoms with Crippen molar-refractivity contribution in [1.29, 1.82) is 0 Å². The van der Waals surface area contributed by atoms with Gasteiger partial charge in [-0.2, -0.15) is 5.10 Å². The number of nitrogens with zero attached hydrogens (tertiary/aromatic N) is 2. The topological polar surface area (TPSA) is 44.1 Å². The van der Waals surface area contributed by atoms with Crippen LogP contribution in [0.3, 0.4) is 0 Å². The second-order valence-corrected chi connectivity index (χ2v) is 5.48.